The number of likely N-dealkylation sites (tertiary alicyclic amines) is 1. The summed E-state index contributed by atoms with van der Waals surface area (Å²) >= 11 is 0. The molecule has 4 atom stereocenters. The number of fused-ring (bicyclic) bond motifs is 1. The normalized spacial score (nSPS) is 41.6. The molecule has 3 aliphatic heterocycles. The van der Waals surface area contributed by atoms with Gasteiger partial charge in [-0.05, 0) is 38.6 Å². The molecule has 4 nitrogen and oxygen atoms in total. The molecule has 17 heavy (non-hydrogen) atoms. The van der Waals surface area contributed by atoms with Gasteiger partial charge in [0.05, 0.1) is 12.0 Å². The third-order valence-electron chi connectivity index (χ3n) is 4.60. The summed E-state index contributed by atoms with van der Waals surface area (Å²) in [6.45, 7) is 5.76. The van der Waals surface area contributed by atoms with E-state index in [1.54, 1.807) is 0 Å². The van der Waals surface area contributed by atoms with Crippen molar-refractivity contribution in [3.63, 3.8) is 0 Å². The molecular weight excluding hydrogens is 216 g/mol. The summed E-state index contributed by atoms with van der Waals surface area (Å²) < 4.78 is 5.50. The fourth-order valence-electron chi connectivity index (χ4n) is 3.52. The predicted octanol–water partition coefficient (Wildman–Crippen LogP) is 0.622. The minimum absolute atomic E-state index is 0.107. The number of nitrogens with one attached hydrogen (secondary N) is 1. The van der Waals surface area contributed by atoms with Crippen LogP contribution < -0.4 is 5.32 Å². The number of hydrogen-bond acceptors (Lipinski definition) is 3. The quantitative estimate of drug-likeness (QED) is 0.728. The minimum atomic E-state index is 0.107. The fraction of sp³-hybridized carbons (Fsp3) is 0.923. The first-order valence-corrected chi connectivity index (χ1v) is 6.89. The van der Waals surface area contributed by atoms with Crippen molar-refractivity contribution in [1.29, 1.82) is 0 Å². The standard InChI is InChI=1S/C13H22N2O2/c1-9-11(4-6-17-9)13(16)15-7-10-3-2-5-14-12(10)8-15/h9-12,14H,2-8H2,1H3/t9?,10-,11?,12+/m0/s1. The van der Waals surface area contributed by atoms with Crippen LogP contribution in [0.1, 0.15) is 26.2 Å². The molecule has 3 saturated heterocycles. The zero-order chi connectivity index (χ0) is 11.8. The van der Waals surface area contributed by atoms with Crippen molar-refractivity contribution < 1.29 is 9.53 Å². The van der Waals surface area contributed by atoms with Crippen LogP contribution in [0.25, 0.3) is 0 Å². The largest absolute Gasteiger partial charge is 0.378 e. The molecule has 1 amide bonds. The highest BCUT2D eigenvalue weighted by Crippen LogP contribution is 2.29. The summed E-state index contributed by atoms with van der Waals surface area (Å²) in [4.78, 5) is 14.5. The molecule has 0 aromatic rings. The Balaban J connectivity index is 1.63. The van der Waals surface area contributed by atoms with Crippen LogP contribution in [0.15, 0.2) is 0 Å². The Labute approximate surface area is 103 Å². The number of piperidine rings is 1. The molecule has 2 unspecified atom stereocenters. The van der Waals surface area contributed by atoms with Crippen molar-refractivity contribution in [2.24, 2.45) is 11.8 Å². The summed E-state index contributed by atoms with van der Waals surface area (Å²) in [5.74, 6) is 1.12. The van der Waals surface area contributed by atoms with Crippen LogP contribution >= 0.6 is 0 Å². The number of ether oxygens (including phenoxy) is 1. The Kier molecular flexibility index (Phi) is 3.09. The second-order valence-electron chi connectivity index (χ2n) is 5.68. The van der Waals surface area contributed by atoms with E-state index in [1.807, 2.05) is 6.92 Å². The van der Waals surface area contributed by atoms with E-state index in [4.69, 9.17) is 4.74 Å². The van der Waals surface area contributed by atoms with Gasteiger partial charge in [0.2, 0.25) is 5.91 Å². The van der Waals surface area contributed by atoms with Crippen molar-refractivity contribution in [3.05, 3.63) is 0 Å². The van der Waals surface area contributed by atoms with Crippen molar-refractivity contribution in [2.75, 3.05) is 26.2 Å². The average Bonchev–Trinajstić information content (AvgIpc) is 2.93. The van der Waals surface area contributed by atoms with Crippen molar-refractivity contribution in [3.8, 4) is 0 Å². The molecule has 3 rings (SSSR count). The highest BCUT2D eigenvalue weighted by Gasteiger charge is 2.40. The van der Waals surface area contributed by atoms with Crippen molar-refractivity contribution in [1.82, 2.24) is 10.2 Å². The van der Waals surface area contributed by atoms with Crippen LogP contribution in [0.4, 0.5) is 0 Å². The van der Waals surface area contributed by atoms with Gasteiger partial charge in [0, 0.05) is 25.7 Å². The fourth-order valence-corrected chi connectivity index (χ4v) is 3.52. The van der Waals surface area contributed by atoms with Crippen LogP contribution in [-0.4, -0.2) is 49.2 Å². The molecule has 0 aliphatic carbocycles. The van der Waals surface area contributed by atoms with Gasteiger partial charge < -0.3 is 15.0 Å². The molecule has 96 valence electrons. The number of amides is 1. The molecule has 0 saturated carbocycles. The van der Waals surface area contributed by atoms with Crippen molar-refractivity contribution in [2.45, 2.75) is 38.3 Å². The Morgan fingerprint density at radius 3 is 2.94 bits per heavy atom. The Morgan fingerprint density at radius 2 is 2.24 bits per heavy atom. The highest BCUT2D eigenvalue weighted by molar-refractivity contribution is 5.80. The lowest BCUT2D eigenvalue weighted by atomic mass is 9.94. The molecule has 3 aliphatic rings. The molecule has 0 aromatic carbocycles. The third-order valence-corrected chi connectivity index (χ3v) is 4.60. The third kappa shape index (κ3) is 2.08. The molecule has 1 N–H and O–H groups in total. The van der Waals surface area contributed by atoms with Crippen LogP contribution in [0.3, 0.4) is 0 Å². The number of nitrogens with zero attached hydrogens (tertiary/aromatic N) is 1. The van der Waals surface area contributed by atoms with E-state index in [0.717, 1.165) is 32.7 Å². The van der Waals surface area contributed by atoms with E-state index in [1.165, 1.54) is 12.8 Å². The first kappa shape index (κ1) is 11.5. The zero-order valence-corrected chi connectivity index (χ0v) is 10.5. The van der Waals surface area contributed by atoms with E-state index in [-0.39, 0.29) is 12.0 Å². The second kappa shape index (κ2) is 4.58. The predicted molar refractivity (Wildman–Crippen MR) is 64.6 cm³/mol. The number of carbonyl (C=O) groups is 1. The van der Waals surface area contributed by atoms with Gasteiger partial charge in [-0.25, -0.2) is 0 Å². The van der Waals surface area contributed by atoms with Gasteiger partial charge in [-0.1, -0.05) is 0 Å². The molecule has 4 heteroatoms. The van der Waals surface area contributed by atoms with Gasteiger partial charge >= 0.3 is 0 Å². The molecule has 3 fully saturated rings. The lowest BCUT2D eigenvalue weighted by Crippen LogP contribution is -2.42. The topological polar surface area (TPSA) is 41.6 Å². The Morgan fingerprint density at radius 1 is 1.35 bits per heavy atom. The maximum absolute atomic E-state index is 12.4. The first-order valence-electron chi connectivity index (χ1n) is 6.89. The van der Waals surface area contributed by atoms with Gasteiger partial charge in [-0.3, -0.25) is 4.79 Å². The maximum Gasteiger partial charge on any atom is 0.228 e. The van der Waals surface area contributed by atoms with E-state index in [2.05, 4.69) is 10.2 Å². The van der Waals surface area contributed by atoms with E-state index >= 15 is 0 Å². The van der Waals surface area contributed by atoms with Crippen molar-refractivity contribution >= 4 is 5.91 Å². The first-order chi connectivity index (χ1) is 8.25. The monoisotopic (exact) mass is 238 g/mol. The van der Waals surface area contributed by atoms with Crippen LogP contribution in [0.2, 0.25) is 0 Å². The van der Waals surface area contributed by atoms with Crippen LogP contribution in [0, 0.1) is 11.8 Å². The Hall–Kier alpha value is -0.610. The van der Waals surface area contributed by atoms with Gasteiger partial charge in [0.15, 0.2) is 0 Å². The molecular formula is C13H22N2O2. The van der Waals surface area contributed by atoms with Gasteiger partial charge in [-0.15, -0.1) is 0 Å². The van der Waals surface area contributed by atoms with E-state index in [9.17, 15) is 4.79 Å². The van der Waals surface area contributed by atoms with Crippen LogP contribution in [-0.2, 0) is 9.53 Å². The number of carbonyl (C=O) groups excluding carboxylic acids is 1. The smallest absolute Gasteiger partial charge is 0.228 e. The summed E-state index contributed by atoms with van der Waals surface area (Å²) in [6.07, 6.45) is 3.54. The summed E-state index contributed by atoms with van der Waals surface area (Å²) in [5.41, 5.74) is 0. The maximum atomic E-state index is 12.4. The highest BCUT2D eigenvalue weighted by atomic mass is 16.5. The summed E-state index contributed by atoms with van der Waals surface area (Å²) in [6, 6.07) is 0.547. The molecule has 0 radical (unpaired) electrons. The lowest BCUT2D eigenvalue weighted by Gasteiger charge is -2.24. The van der Waals surface area contributed by atoms with Crippen LogP contribution in [0.5, 0.6) is 0 Å². The van der Waals surface area contributed by atoms with E-state index in [0.29, 0.717) is 17.9 Å². The zero-order valence-electron chi connectivity index (χ0n) is 10.5. The van der Waals surface area contributed by atoms with Gasteiger partial charge in [-0.2, -0.15) is 0 Å². The number of rotatable bonds is 1. The van der Waals surface area contributed by atoms with Gasteiger partial charge in [0.1, 0.15) is 0 Å². The summed E-state index contributed by atoms with van der Waals surface area (Å²) in [5, 5.41) is 3.54. The lowest BCUT2D eigenvalue weighted by molar-refractivity contribution is -0.136. The molecule has 0 aromatic heterocycles. The van der Waals surface area contributed by atoms with Gasteiger partial charge in [0.25, 0.3) is 0 Å². The Bertz CT molecular complexity index is 294. The average molecular weight is 238 g/mol. The second-order valence-corrected chi connectivity index (χ2v) is 5.68. The molecule has 0 bridgehead atoms. The van der Waals surface area contributed by atoms with E-state index < -0.39 is 0 Å². The molecule has 3 heterocycles. The minimum Gasteiger partial charge on any atom is -0.378 e. The molecule has 0 spiro atoms. The summed E-state index contributed by atoms with van der Waals surface area (Å²) in [7, 11) is 0. The SMILES string of the molecule is CC1OCCC1C(=O)N1C[C@@H]2CCCN[C@@H]2C1. The number of hydrogen-bond donors (Lipinski definition) is 1.